The molecule has 0 bridgehead atoms. The molecule has 0 unspecified atom stereocenters. The summed E-state index contributed by atoms with van der Waals surface area (Å²) in [6.07, 6.45) is 1.73. The minimum absolute atomic E-state index is 0.0852. The van der Waals surface area contributed by atoms with Crippen LogP contribution in [0.5, 0.6) is 0 Å². The summed E-state index contributed by atoms with van der Waals surface area (Å²) < 4.78 is 14.7. The summed E-state index contributed by atoms with van der Waals surface area (Å²) in [5.74, 6) is -0.500. The standard InChI is InChI=1S/C10H11FN4O/c1-5-7(4-15(3)14-5)9-12-6(2)8(11)10(16)13-9/h4H,1-3H3,(H,12,13,16). The van der Waals surface area contributed by atoms with E-state index in [1.165, 1.54) is 6.92 Å². The van der Waals surface area contributed by atoms with Crippen molar-refractivity contribution in [3.8, 4) is 11.4 Å². The molecule has 0 saturated heterocycles. The third kappa shape index (κ3) is 1.62. The van der Waals surface area contributed by atoms with E-state index in [2.05, 4.69) is 15.1 Å². The van der Waals surface area contributed by atoms with Gasteiger partial charge in [-0.05, 0) is 13.8 Å². The van der Waals surface area contributed by atoms with Gasteiger partial charge in [-0.3, -0.25) is 9.48 Å². The molecule has 0 atom stereocenters. The molecule has 16 heavy (non-hydrogen) atoms. The van der Waals surface area contributed by atoms with E-state index in [0.29, 0.717) is 11.4 Å². The Kier molecular flexibility index (Phi) is 2.34. The molecular weight excluding hydrogens is 211 g/mol. The summed E-state index contributed by atoms with van der Waals surface area (Å²) in [5, 5.41) is 4.13. The lowest BCUT2D eigenvalue weighted by Gasteiger charge is -2.00. The summed E-state index contributed by atoms with van der Waals surface area (Å²) in [7, 11) is 1.77. The fourth-order valence-corrected chi connectivity index (χ4v) is 1.53. The van der Waals surface area contributed by atoms with Crippen LogP contribution in [0.1, 0.15) is 11.4 Å². The van der Waals surface area contributed by atoms with Crippen LogP contribution in [0.25, 0.3) is 11.4 Å². The fraction of sp³-hybridized carbons (Fsp3) is 0.300. The number of aryl methyl sites for hydroxylation is 3. The Morgan fingerprint density at radius 1 is 1.38 bits per heavy atom. The quantitative estimate of drug-likeness (QED) is 0.780. The van der Waals surface area contributed by atoms with Crippen molar-refractivity contribution in [2.24, 2.45) is 7.05 Å². The molecule has 0 aromatic carbocycles. The molecule has 1 N–H and O–H groups in total. The lowest BCUT2D eigenvalue weighted by atomic mass is 10.2. The second kappa shape index (κ2) is 3.55. The highest BCUT2D eigenvalue weighted by Crippen LogP contribution is 2.17. The lowest BCUT2D eigenvalue weighted by Crippen LogP contribution is -2.15. The molecule has 5 nitrogen and oxygen atoms in total. The van der Waals surface area contributed by atoms with Crippen LogP contribution >= 0.6 is 0 Å². The van der Waals surface area contributed by atoms with Crippen LogP contribution in [-0.4, -0.2) is 19.7 Å². The van der Waals surface area contributed by atoms with Gasteiger partial charge in [-0.25, -0.2) is 4.98 Å². The van der Waals surface area contributed by atoms with Gasteiger partial charge in [0.15, 0.2) is 0 Å². The molecule has 2 aromatic heterocycles. The van der Waals surface area contributed by atoms with Crippen LogP contribution in [-0.2, 0) is 7.05 Å². The lowest BCUT2D eigenvalue weighted by molar-refractivity contribution is 0.589. The monoisotopic (exact) mass is 222 g/mol. The number of halogens is 1. The Bertz CT molecular complexity index is 599. The zero-order chi connectivity index (χ0) is 11.9. The third-order valence-electron chi connectivity index (χ3n) is 2.30. The first-order chi connectivity index (χ1) is 7.49. The van der Waals surface area contributed by atoms with Crippen LogP contribution in [0.4, 0.5) is 4.39 Å². The summed E-state index contributed by atoms with van der Waals surface area (Å²) in [6.45, 7) is 3.26. The van der Waals surface area contributed by atoms with E-state index < -0.39 is 11.4 Å². The van der Waals surface area contributed by atoms with E-state index in [4.69, 9.17) is 0 Å². The number of aromatic nitrogens is 4. The normalized spacial score (nSPS) is 10.8. The smallest absolute Gasteiger partial charge is 0.287 e. The molecule has 0 fully saturated rings. The highest BCUT2D eigenvalue weighted by Gasteiger charge is 2.12. The number of hydrogen-bond acceptors (Lipinski definition) is 3. The number of rotatable bonds is 1. The molecular formula is C10H11FN4O. The van der Waals surface area contributed by atoms with Crippen molar-refractivity contribution in [2.45, 2.75) is 13.8 Å². The average molecular weight is 222 g/mol. The molecule has 0 radical (unpaired) electrons. The van der Waals surface area contributed by atoms with Crippen molar-refractivity contribution in [1.82, 2.24) is 19.7 Å². The van der Waals surface area contributed by atoms with Crippen LogP contribution in [0.2, 0.25) is 0 Å². The van der Waals surface area contributed by atoms with Gasteiger partial charge in [0.25, 0.3) is 5.56 Å². The predicted octanol–water partition coefficient (Wildman–Crippen LogP) is 0.926. The van der Waals surface area contributed by atoms with Crippen LogP contribution in [0.15, 0.2) is 11.0 Å². The minimum Gasteiger partial charge on any atom is -0.304 e. The van der Waals surface area contributed by atoms with E-state index in [1.807, 2.05) is 0 Å². The number of nitrogens with zero attached hydrogens (tertiary/aromatic N) is 3. The molecule has 0 spiro atoms. The zero-order valence-electron chi connectivity index (χ0n) is 9.21. The molecule has 0 aliphatic rings. The molecule has 6 heteroatoms. The largest absolute Gasteiger partial charge is 0.304 e. The van der Waals surface area contributed by atoms with Crippen molar-refractivity contribution >= 4 is 0 Å². The highest BCUT2D eigenvalue weighted by atomic mass is 19.1. The van der Waals surface area contributed by atoms with Crippen molar-refractivity contribution in [1.29, 1.82) is 0 Å². The Balaban J connectivity index is 2.66. The van der Waals surface area contributed by atoms with E-state index in [9.17, 15) is 9.18 Å². The van der Waals surface area contributed by atoms with E-state index >= 15 is 0 Å². The third-order valence-corrected chi connectivity index (χ3v) is 2.30. The van der Waals surface area contributed by atoms with Gasteiger partial charge in [-0.15, -0.1) is 0 Å². The summed E-state index contributed by atoms with van der Waals surface area (Å²) in [6, 6.07) is 0. The topological polar surface area (TPSA) is 63.6 Å². The van der Waals surface area contributed by atoms with E-state index in [0.717, 1.165) is 5.69 Å². The maximum Gasteiger partial charge on any atom is 0.287 e. The molecule has 0 saturated carbocycles. The summed E-state index contributed by atoms with van der Waals surface area (Å²) in [4.78, 5) is 17.6. The second-order valence-electron chi connectivity index (χ2n) is 3.62. The zero-order valence-corrected chi connectivity index (χ0v) is 9.21. The van der Waals surface area contributed by atoms with Gasteiger partial charge in [0.2, 0.25) is 5.82 Å². The SMILES string of the molecule is Cc1nn(C)cc1-c1nc(C)c(F)c(=O)[nH]1. The Labute approximate surface area is 91.0 Å². The minimum atomic E-state index is -0.842. The highest BCUT2D eigenvalue weighted by molar-refractivity contribution is 5.56. The fourth-order valence-electron chi connectivity index (χ4n) is 1.53. The van der Waals surface area contributed by atoms with Crippen molar-refractivity contribution in [3.63, 3.8) is 0 Å². The summed E-state index contributed by atoms with van der Waals surface area (Å²) >= 11 is 0. The molecule has 0 aliphatic heterocycles. The van der Waals surface area contributed by atoms with Crippen LogP contribution < -0.4 is 5.56 Å². The molecule has 84 valence electrons. The van der Waals surface area contributed by atoms with E-state index in [1.54, 1.807) is 24.9 Å². The average Bonchev–Trinajstić information content (AvgIpc) is 2.53. The maximum atomic E-state index is 13.1. The van der Waals surface area contributed by atoms with Crippen molar-refractivity contribution in [3.05, 3.63) is 33.8 Å². The molecule has 0 amide bonds. The van der Waals surface area contributed by atoms with E-state index in [-0.39, 0.29) is 5.69 Å². The van der Waals surface area contributed by atoms with Gasteiger partial charge in [-0.1, -0.05) is 0 Å². The van der Waals surface area contributed by atoms with Gasteiger partial charge < -0.3 is 4.98 Å². The molecule has 2 heterocycles. The van der Waals surface area contributed by atoms with Crippen molar-refractivity contribution in [2.75, 3.05) is 0 Å². The second-order valence-corrected chi connectivity index (χ2v) is 3.62. The maximum absolute atomic E-state index is 13.1. The number of H-pyrrole nitrogens is 1. The molecule has 0 aliphatic carbocycles. The molecule has 2 aromatic rings. The van der Waals surface area contributed by atoms with Crippen LogP contribution in [0.3, 0.4) is 0 Å². The first kappa shape index (κ1) is 10.5. The Morgan fingerprint density at radius 3 is 2.56 bits per heavy atom. The van der Waals surface area contributed by atoms with Crippen molar-refractivity contribution < 1.29 is 4.39 Å². The van der Waals surface area contributed by atoms with Crippen LogP contribution in [0, 0.1) is 19.7 Å². The number of nitrogens with one attached hydrogen (secondary N) is 1. The van der Waals surface area contributed by atoms with Gasteiger partial charge in [-0.2, -0.15) is 9.49 Å². The molecule has 2 rings (SSSR count). The number of hydrogen-bond donors (Lipinski definition) is 1. The van der Waals surface area contributed by atoms with Gasteiger partial charge in [0.05, 0.1) is 17.0 Å². The Morgan fingerprint density at radius 2 is 2.06 bits per heavy atom. The summed E-state index contributed by atoms with van der Waals surface area (Å²) in [5.41, 5.74) is 0.757. The Hall–Kier alpha value is -1.98. The first-order valence-electron chi connectivity index (χ1n) is 4.76. The first-order valence-corrected chi connectivity index (χ1v) is 4.76. The van der Waals surface area contributed by atoms with Gasteiger partial charge in [0.1, 0.15) is 5.82 Å². The van der Waals surface area contributed by atoms with Gasteiger partial charge >= 0.3 is 0 Å². The number of aromatic amines is 1. The predicted molar refractivity (Wildman–Crippen MR) is 56.5 cm³/mol. The van der Waals surface area contributed by atoms with Gasteiger partial charge in [0, 0.05) is 13.2 Å².